The summed E-state index contributed by atoms with van der Waals surface area (Å²) >= 11 is 0. The second-order valence-corrected chi connectivity index (χ2v) is 8.29. The van der Waals surface area contributed by atoms with E-state index >= 15 is 0 Å². The van der Waals surface area contributed by atoms with Crippen molar-refractivity contribution in [2.75, 3.05) is 0 Å². The van der Waals surface area contributed by atoms with Gasteiger partial charge in [-0.2, -0.15) is 0 Å². The van der Waals surface area contributed by atoms with Crippen molar-refractivity contribution in [1.82, 2.24) is 0 Å². The predicted octanol–water partition coefficient (Wildman–Crippen LogP) is 7.67. The van der Waals surface area contributed by atoms with Gasteiger partial charge >= 0.3 is 0 Å². The molecule has 1 atom stereocenters. The molecule has 3 heteroatoms. The summed E-state index contributed by atoms with van der Waals surface area (Å²) in [6.45, 7) is 2.26. The van der Waals surface area contributed by atoms with Crippen LogP contribution >= 0.6 is 0 Å². The van der Waals surface area contributed by atoms with Crippen LogP contribution in [0.4, 0.5) is 13.2 Å². The van der Waals surface area contributed by atoms with Crippen molar-refractivity contribution in [3.8, 4) is 0 Å². The van der Waals surface area contributed by atoms with Crippen LogP contribution in [0.3, 0.4) is 0 Å². The van der Waals surface area contributed by atoms with E-state index in [4.69, 9.17) is 0 Å². The SMILES string of the molecule is CCCCCC1CCC(C2CC=C(c3cc(F)c(F)c(F)c3)CC2)CC1. The van der Waals surface area contributed by atoms with Crippen molar-refractivity contribution < 1.29 is 13.2 Å². The zero-order valence-electron chi connectivity index (χ0n) is 15.9. The molecule has 1 aromatic rings. The summed E-state index contributed by atoms with van der Waals surface area (Å²) in [5, 5.41) is 0. The first-order valence-electron chi connectivity index (χ1n) is 10.4. The zero-order chi connectivity index (χ0) is 18.5. The van der Waals surface area contributed by atoms with E-state index in [1.807, 2.05) is 0 Å². The summed E-state index contributed by atoms with van der Waals surface area (Å²) in [4.78, 5) is 0. The molecular weight excluding hydrogens is 333 g/mol. The van der Waals surface area contributed by atoms with Gasteiger partial charge in [-0.05, 0) is 73.1 Å². The Morgan fingerprint density at radius 3 is 2.15 bits per heavy atom. The molecule has 0 bridgehead atoms. The van der Waals surface area contributed by atoms with Crippen molar-refractivity contribution in [2.24, 2.45) is 17.8 Å². The van der Waals surface area contributed by atoms with Crippen LogP contribution < -0.4 is 0 Å². The number of allylic oxidation sites excluding steroid dienone is 2. The molecule has 1 aromatic carbocycles. The fraction of sp³-hybridized carbons (Fsp3) is 0.652. The molecule has 3 rings (SSSR count). The fourth-order valence-corrected chi connectivity index (χ4v) is 4.92. The van der Waals surface area contributed by atoms with Gasteiger partial charge in [0.2, 0.25) is 0 Å². The van der Waals surface area contributed by atoms with E-state index in [1.54, 1.807) is 0 Å². The number of benzene rings is 1. The highest BCUT2D eigenvalue weighted by atomic mass is 19.2. The summed E-state index contributed by atoms with van der Waals surface area (Å²) in [5.41, 5.74) is 1.46. The van der Waals surface area contributed by atoms with E-state index in [0.29, 0.717) is 11.5 Å². The average Bonchev–Trinajstić information content (AvgIpc) is 2.67. The van der Waals surface area contributed by atoms with Gasteiger partial charge in [-0.15, -0.1) is 0 Å². The summed E-state index contributed by atoms with van der Waals surface area (Å²) in [7, 11) is 0. The van der Waals surface area contributed by atoms with Crippen LogP contribution in [0.25, 0.3) is 5.57 Å². The van der Waals surface area contributed by atoms with E-state index in [9.17, 15) is 13.2 Å². The first kappa shape index (κ1) is 19.5. The molecule has 1 unspecified atom stereocenters. The molecule has 26 heavy (non-hydrogen) atoms. The van der Waals surface area contributed by atoms with Gasteiger partial charge < -0.3 is 0 Å². The second-order valence-electron chi connectivity index (χ2n) is 8.29. The Bertz CT molecular complexity index is 603. The minimum Gasteiger partial charge on any atom is -0.204 e. The van der Waals surface area contributed by atoms with E-state index in [-0.39, 0.29) is 0 Å². The van der Waals surface area contributed by atoms with E-state index in [1.165, 1.54) is 51.4 Å². The molecule has 1 fully saturated rings. The largest absolute Gasteiger partial charge is 0.204 e. The first-order valence-corrected chi connectivity index (χ1v) is 10.4. The minimum atomic E-state index is -1.38. The van der Waals surface area contributed by atoms with Crippen molar-refractivity contribution >= 4 is 5.57 Å². The van der Waals surface area contributed by atoms with E-state index < -0.39 is 17.5 Å². The lowest BCUT2D eigenvalue weighted by Crippen LogP contribution is -2.23. The molecule has 0 amide bonds. The Morgan fingerprint density at radius 1 is 0.885 bits per heavy atom. The maximum absolute atomic E-state index is 13.5. The fourth-order valence-electron chi connectivity index (χ4n) is 4.92. The number of halogens is 3. The van der Waals surface area contributed by atoms with Crippen LogP contribution in [0.15, 0.2) is 18.2 Å². The topological polar surface area (TPSA) is 0 Å². The lowest BCUT2D eigenvalue weighted by molar-refractivity contribution is 0.187. The molecule has 0 saturated heterocycles. The Morgan fingerprint density at radius 2 is 1.58 bits per heavy atom. The smallest absolute Gasteiger partial charge is 0.194 e. The third-order valence-corrected chi connectivity index (χ3v) is 6.58. The van der Waals surface area contributed by atoms with Gasteiger partial charge in [0.1, 0.15) is 0 Å². The lowest BCUT2D eigenvalue weighted by Gasteiger charge is -2.35. The van der Waals surface area contributed by atoms with Crippen LogP contribution in [-0.2, 0) is 0 Å². The molecule has 1 saturated carbocycles. The quantitative estimate of drug-likeness (QED) is 0.359. The molecule has 0 N–H and O–H groups in total. The van der Waals surface area contributed by atoms with Crippen LogP contribution in [0.5, 0.6) is 0 Å². The summed E-state index contributed by atoms with van der Waals surface area (Å²) in [6.07, 6.45) is 15.9. The Kier molecular flexibility index (Phi) is 6.83. The normalized spacial score (nSPS) is 26.6. The van der Waals surface area contributed by atoms with Gasteiger partial charge in [0.25, 0.3) is 0 Å². The van der Waals surface area contributed by atoms with Gasteiger partial charge in [0.15, 0.2) is 17.5 Å². The van der Waals surface area contributed by atoms with Crippen LogP contribution in [-0.4, -0.2) is 0 Å². The monoisotopic (exact) mass is 364 g/mol. The van der Waals surface area contributed by atoms with Crippen molar-refractivity contribution in [1.29, 1.82) is 0 Å². The molecular formula is C23H31F3. The van der Waals surface area contributed by atoms with Gasteiger partial charge in [-0.1, -0.05) is 51.5 Å². The number of hydrogen-bond acceptors (Lipinski definition) is 0. The number of rotatable bonds is 6. The Labute approximate surface area is 155 Å². The van der Waals surface area contributed by atoms with E-state index in [2.05, 4.69) is 13.0 Å². The molecule has 0 spiro atoms. The Hall–Kier alpha value is -1.25. The third-order valence-electron chi connectivity index (χ3n) is 6.58. The van der Waals surface area contributed by atoms with Crippen LogP contribution in [0.1, 0.15) is 83.1 Å². The van der Waals surface area contributed by atoms with Crippen LogP contribution in [0, 0.1) is 35.2 Å². The van der Waals surface area contributed by atoms with Crippen LogP contribution in [0.2, 0.25) is 0 Å². The lowest BCUT2D eigenvalue weighted by atomic mass is 9.70. The molecule has 0 nitrogen and oxygen atoms in total. The zero-order valence-corrected chi connectivity index (χ0v) is 15.9. The highest BCUT2D eigenvalue weighted by molar-refractivity contribution is 5.66. The minimum absolute atomic E-state index is 0.500. The Balaban J connectivity index is 1.52. The highest BCUT2D eigenvalue weighted by Crippen LogP contribution is 2.42. The standard InChI is InChI=1S/C23H31F3/c1-2-3-4-5-16-6-8-17(9-7-16)18-10-12-19(13-11-18)20-14-21(24)23(26)22(25)15-20/h12,14-18H,2-11,13H2,1H3. The highest BCUT2D eigenvalue weighted by Gasteiger charge is 2.28. The van der Waals surface area contributed by atoms with Crippen molar-refractivity contribution in [3.63, 3.8) is 0 Å². The molecule has 0 heterocycles. The summed E-state index contributed by atoms with van der Waals surface area (Å²) in [5.74, 6) is -1.13. The first-order chi connectivity index (χ1) is 12.6. The maximum atomic E-state index is 13.5. The van der Waals surface area contributed by atoms with Gasteiger partial charge in [-0.3, -0.25) is 0 Å². The molecule has 0 radical (unpaired) electrons. The second kappa shape index (κ2) is 9.10. The van der Waals surface area contributed by atoms with Crippen molar-refractivity contribution in [3.05, 3.63) is 41.2 Å². The van der Waals surface area contributed by atoms with Gasteiger partial charge in [0, 0.05) is 0 Å². The van der Waals surface area contributed by atoms with Gasteiger partial charge in [0.05, 0.1) is 0 Å². The van der Waals surface area contributed by atoms with Gasteiger partial charge in [-0.25, -0.2) is 13.2 Å². The summed E-state index contributed by atoms with van der Waals surface area (Å²) in [6, 6.07) is 2.26. The molecule has 0 aliphatic heterocycles. The number of hydrogen-bond donors (Lipinski definition) is 0. The maximum Gasteiger partial charge on any atom is 0.194 e. The van der Waals surface area contributed by atoms with Crippen molar-refractivity contribution in [2.45, 2.75) is 77.6 Å². The number of unbranched alkanes of at least 4 members (excludes halogenated alkanes) is 2. The molecule has 2 aliphatic carbocycles. The summed E-state index contributed by atoms with van der Waals surface area (Å²) < 4.78 is 40.1. The van der Waals surface area contributed by atoms with E-state index in [0.717, 1.165) is 48.8 Å². The molecule has 144 valence electrons. The molecule has 2 aliphatic rings. The predicted molar refractivity (Wildman–Crippen MR) is 101 cm³/mol. The third kappa shape index (κ3) is 4.72. The molecule has 0 aromatic heterocycles. The average molecular weight is 364 g/mol.